The van der Waals surface area contributed by atoms with Crippen molar-refractivity contribution in [1.29, 1.82) is 0 Å². The van der Waals surface area contributed by atoms with Gasteiger partial charge in [0.15, 0.2) is 0 Å². The van der Waals surface area contributed by atoms with Gasteiger partial charge in [0, 0.05) is 0 Å². The molecule has 0 spiro atoms. The first-order valence-corrected chi connectivity index (χ1v) is 6.58. The first-order valence-electron chi connectivity index (χ1n) is 6.58. The Morgan fingerprint density at radius 1 is 0.696 bits per heavy atom. The lowest BCUT2D eigenvalue weighted by atomic mass is 10.1. The van der Waals surface area contributed by atoms with Crippen molar-refractivity contribution in [2.45, 2.75) is 25.4 Å². The molecule has 0 aliphatic carbocycles. The molecule has 0 saturated heterocycles. The zero-order valence-corrected chi connectivity index (χ0v) is 11.9. The van der Waals surface area contributed by atoms with Crippen molar-refractivity contribution in [3.05, 3.63) is 65.2 Å². The first-order chi connectivity index (χ1) is 10.6. The van der Waals surface area contributed by atoms with Gasteiger partial charge in [0.25, 0.3) is 0 Å². The summed E-state index contributed by atoms with van der Waals surface area (Å²) in [6.07, 6.45) is -9.46. The summed E-state index contributed by atoms with van der Waals surface area (Å²) in [6, 6.07) is 8.52. The largest absolute Gasteiger partial charge is 0.486 e. The number of halogens is 6. The summed E-state index contributed by atoms with van der Waals surface area (Å²) in [5, 5.41) is 0. The Bertz CT molecular complexity index is 640. The zero-order valence-electron chi connectivity index (χ0n) is 11.9. The highest BCUT2D eigenvalue weighted by molar-refractivity contribution is 5.31. The highest BCUT2D eigenvalue weighted by atomic mass is 19.4. The van der Waals surface area contributed by atoms with Crippen molar-refractivity contribution >= 4 is 0 Å². The highest BCUT2D eigenvalue weighted by Gasteiger charge is 2.31. The molecule has 2 rings (SSSR count). The molecule has 23 heavy (non-hydrogen) atoms. The average Bonchev–Trinajstić information content (AvgIpc) is 2.46. The molecule has 0 N–H and O–H groups in total. The maximum absolute atomic E-state index is 12.5. The Hall–Kier alpha value is -2.18. The van der Waals surface area contributed by atoms with Crippen LogP contribution in [0.25, 0.3) is 0 Å². The lowest BCUT2D eigenvalue weighted by molar-refractivity contribution is -0.138. The third-order valence-electron chi connectivity index (χ3n) is 3.20. The van der Waals surface area contributed by atoms with Gasteiger partial charge in [0.2, 0.25) is 0 Å². The molecule has 0 aliphatic heterocycles. The summed E-state index contributed by atoms with van der Waals surface area (Å²) in [4.78, 5) is 0. The fraction of sp³-hybridized carbons (Fsp3) is 0.250. The third-order valence-corrected chi connectivity index (χ3v) is 3.20. The van der Waals surface area contributed by atoms with Gasteiger partial charge in [-0.1, -0.05) is 12.1 Å². The molecule has 0 bridgehead atoms. The van der Waals surface area contributed by atoms with Crippen LogP contribution in [0.1, 0.15) is 29.7 Å². The van der Waals surface area contributed by atoms with Gasteiger partial charge < -0.3 is 4.74 Å². The highest BCUT2D eigenvalue weighted by Crippen LogP contribution is 2.32. The Labute approximate surface area is 128 Å². The van der Waals surface area contributed by atoms with E-state index in [1.807, 2.05) is 0 Å². The minimum Gasteiger partial charge on any atom is -0.486 e. The third kappa shape index (κ3) is 4.40. The summed E-state index contributed by atoms with van der Waals surface area (Å²) >= 11 is 0. The molecule has 1 atom stereocenters. The Morgan fingerprint density at radius 2 is 1.09 bits per heavy atom. The summed E-state index contributed by atoms with van der Waals surface area (Å²) in [6.45, 7) is 1.60. The van der Waals surface area contributed by atoms with Gasteiger partial charge in [-0.2, -0.15) is 26.3 Å². The van der Waals surface area contributed by atoms with Crippen LogP contribution in [0.3, 0.4) is 0 Å². The van der Waals surface area contributed by atoms with E-state index in [9.17, 15) is 26.3 Å². The van der Waals surface area contributed by atoms with Gasteiger partial charge in [-0.25, -0.2) is 0 Å². The second-order valence-electron chi connectivity index (χ2n) is 4.90. The standard InChI is InChI=1S/C16H12F6O/c1-10(11-2-4-12(5-3-11)15(17,18)19)23-14-8-6-13(7-9-14)16(20,21)22/h2-10H,1H3. The van der Waals surface area contributed by atoms with Crippen molar-refractivity contribution in [2.24, 2.45) is 0 Å². The summed E-state index contributed by atoms with van der Waals surface area (Å²) in [5.41, 5.74) is -1.09. The molecule has 0 aromatic heterocycles. The van der Waals surface area contributed by atoms with Gasteiger partial charge in [0.05, 0.1) is 11.1 Å². The van der Waals surface area contributed by atoms with Crippen LogP contribution in [0.5, 0.6) is 5.75 Å². The average molecular weight is 334 g/mol. The Balaban J connectivity index is 2.08. The van der Waals surface area contributed by atoms with Crippen molar-refractivity contribution in [3.63, 3.8) is 0 Å². The molecular weight excluding hydrogens is 322 g/mol. The van der Waals surface area contributed by atoms with Gasteiger partial charge >= 0.3 is 12.4 Å². The monoisotopic (exact) mass is 334 g/mol. The minimum atomic E-state index is -4.43. The molecule has 0 amide bonds. The lowest BCUT2D eigenvalue weighted by Gasteiger charge is -2.16. The van der Waals surface area contributed by atoms with E-state index in [1.165, 1.54) is 24.3 Å². The summed E-state index contributed by atoms with van der Waals surface area (Å²) in [7, 11) is 0. The molecule has 0 radical (unpaired) electrons. The maximum Gasteiger partial charge on any atom is 0.416 e. The van der Waals surface area contributed by atoms with Crippen LogP contribution in [0, 0.1) is 0 Å². The second-order valence-corrected chi connectivity index (χ2v) is 4.90. The van der Waals surface area contributed by atoms with E-state index in [4.69, 9.17) is 4.74 Å². The normalized spacial score (nSPS) is 13.7. The predicted octanol–water partition coefficient (Wildman–Crippen LogP) is 5.86. The van der Waals surface area contributed by atoms with Crippen LogP contribution in [-0.2, 0) is 12.4 Å². The molecule has 0 fully saturated rings. The van der Waals surface area contributed by atoms with E-state index in [1.54, 1.807) is 6.92 Å². The SMILES string of the molecule is CC(Oc1ccc(C(F)(F)F)cc1)c1ccc(C(F)(F)F)cc1. The molecule has 0 saturated carbocycles. The van der Waals surface area contributed by atoms with Crippen LogP contribution in [0.4, 0.5) is 26.3 Å². The van der Waals surface area contributed by atoms with Crippen molar-refractivity contribution in [2.75, 3.05) is 0 Å². The summed E-state index contributed by atoms with van der Waals surface area (Å²) in [5.74, 6) is 0.199. The number of alkyl halides is 6. The van der Waals surface area contributed by atoms with Crippen LogP contribution in [0.2, 0.25) is 0 Å². The number of benzene rings is 2. The van der Waals surface area contributed by atoms with Gasteiger partial charge in [-0.15, -0.1) is 0 Å². The Morgan fingerprint density at radius 3 is 1.48 bits per heavy atom. The van der Waals surface area contributed by atoms with Crippen molar-refractivity contribution in [3.8, 4) is 5.75 Å². The fourth-order valence-corrected chi connectivity index (χ4v) is 1.94. The van der Waals surface area contributed by atoms with E-state index in [2.05, 4.69) is 0 Å². The molecule has 124 valence electrons. The summed E-state index contributed by atoms with van der Waals surface area (Å²) < 4.78 is 80.2. The molecule has 0 aliphatic rings. The number of hydrogen-bond acceptors (Lipinski definition) is 1. The Kier molecular flexibility index (Phi) is 4.58. The molecule has 7 heteroatoms. The van der Waals surface area contributed by atoms with E-state index in [-0.39, 0.29) is 5.75 Å². The van der Waals surface area contributed by atoms with Crippen LogP contribution in [-0.4, -0.2) is 0 Å². The molecule has 2 aromatic carbocycles. The van der Waals surface area contributed by atoms with Gasteiger partial charge in [0.1, 0.15) is 11.9 Å². The van der Waals surface area contributed by atoms with E-state index < -0.39 is 29.6 Å². The van der Waals surface area contributed by atoms with Crippen LogP contribution >= 0.6 is 0 Å². The smallest absolute Gasteiger partial charge is 0.416 e. The van der Waals surface area contributed by atoms with E-state index >= 15 is 0 Å². The quantitative estimate of drug-likeness (QED) is 0.639. The first kappa shape index (κ1) is 17.2. The van der Waals surface area contributed by atoms with Gasteiger partial charge in [-0.3, -0.25) is 0 Å². The topological polar surface area (TPSA) is 9.23 Å². The molecule has 2 aromatic rings. The second kappa shape index (κ2) is 6.14. The minimum absolute atomic E-state index is 0.199. The maximum atomic E-state index is 12.5. The molecule has 1 unspecified atom stereocenters. The molecule has 1 nitrogen and oxygen atoms in total. The lowest BCUT2D eigenvalue weighted by Crippen LogP contribution is -2.07. The van der Waals surface area contributed by atoms with Crippen molar-refractivity contribution < 1.29 is 31.1 Å². The number of ether oxygens (including phenoxy) is 1. The number of hydrogen-bond donors (Lipinski definition) is 0. The van der Waals surface area contributed by atoms with Gasteiger partial charge in [-0.05, 0) is 48.9 Å². The van der Waals surface area contributed by atoms with Crippen molar-refractivity contribution in [1.82, 2.24) is 0 Å². The van der Waals surface area contributed by atoms with E-state index in [0.29, 0.717) is 5.56 Å². The predicted molar refractivity (Wildman–Crippen MR) is 71.9 cm³/mol. The van der Waals surface area contributed by atoms with Crippen LogP contribution < -0.4 is 4.74 Å². The zero-order chi connectivity index (χ0) is 17.3. The van der Waals surface area contributed by atoms with E-state index in [0.717, 1.165) is 24.3 Å². The molecular formula is C16H12F6O. The fourth-order valence-electron chi connectivity index (χ4n) is 1.94. The molecule has 0 heterocycles. The van der Waals surface area contributed by atoms with Crippen LogP contribution in [0.15, 0.2) is 48.5 Å². The number of rotatable bonds is 3.